The number of nitrogens with zero attached hydrogens (tertiary/aromatic N) is 1. The number of anilines is 2. The molecule has 0 saturated carbocycles. The quantitative estimate of drug-likeness (QED) is 0.802. The Morgan fingerprint density at radius 3 is 2.11 bits per heavy atom. The van der Waals surface area contributed by atoms with Gasteiger partial charge in [-0.3, -0.25) is 14.5 Å². The van der Waals surface area contributed by atoms with Gasteiger partial charge in [0.05, 0.1) is 20.8 Å². The summed E-state index contributed by atoms with van der Waals surface area (Å²) in [6.07, 6.45) is 0.856. The standard InChI is InChI=1S/C21H25N3O4/c1-14(25)22-17-4-6-18(7-5-17)23-21(26)13-24-9-8-15-10-19(27-2)20(28-3)11-16(15)12-24/h4-7,10-11H,8-9,12-13H2,1-3H3,(H,22,25)(H,23,26). The minimum absolute atomic E-state index is 0.0730. The zero-order chi connectivity index (χ0) is 20.1. The molecule has 7 nitrogen and oxygen atoms in total. The molecule has 3 rings (SSSR count). The Hall–Kier alpha value is -3.06. The van der Waals surface area contributed by atoms with E-state index < -0.39 is 0 Å². The lowest BCUT2D eigenvalue weighted by Gasteiger charge is -2.29. The highest BCUT2D eigenvalue weighted by atomic mass is 16.5. The number of fused-ring (bicyclic) bond motifs is 1. The number of carbonyl (C=O) groups excluding carboxylic acids is 2. The second kappa shape index (κ2) is 8.75. The Morgan fingerprint density at radius 2 is 1.54 bits per heavy atom. The van der Waals surface area contributed by atoms with Gasteiger partial charge in [0.1, 0.15) is 0 Å². The van der Waals surface area contributed by atoms with E-state index in [0.29, 0.717) is 30.2 Å². The van der Waals surface area contributed by atoms with Gasteiger partial charge in [0.25, 0.3) is 0 Å². The lowest BCUT2D eigenvalue weighted by atomic mass is 9.99. The third-order valence-electron chi connectivity index (χ3n) is 4.65. The Kier molecular flexibility index (Phi) is 6.16. The van der Waals surface area contributed by atoms with Crippen molar-refractivity contribution in [1.82, 2.24) is 4.90 Å². The van der Waals surface area contributed by atoms with Gasteiger partial charge in [-0.15, -0.1) is 0 Å². The molecular formula is C21H25N3O4. The molecule has 2 aromatic carbocycles. The van der Waals surface area contributed by atoms with Crippen LogP contribution < -0.4 is 20.1 Å². The monoisotopic (exact) mass is 383 g/mol. The minimum atomic E-state index is -0.128. The maximum atomic E-state index is 12.4. The number of ether oxygens (including phenoxy) is 2. The molecule has 1 aliphatic rings. The van der Waals surface area contributed by atoms with Crippen LogP contribution in [0.1, 0.15) is 18.1 Å². The lowest BCUT2D eigenvalue weighted by molar-refractivity contribution is -0.117. The molecule has 28 heavy (non-hydrogen) atoms. The summed E-state index contributed by atoms with van der Waals surface area (Å²) < 4.78 is 10.7. The van der Waals surface area contributed by atoms with Crippen molar-refractivity contribution in [2.24, 2.45) is 0 Å². The first-order valence-electron chi connectivity index (χ1n) is 9.12. The molecule has 7 heteroatoms. The third kappa shape index (κ3) is 4.80. The van der Waals surface area contributed by atoms with Crippen LogP contribution in [0, 0.1) is 0 Å². The first-order chi connectivity index (χ1) is 13.5. The number of hydrogen-bond acceptors (Lipinski definition) is 5. The molecule has 0 aromatic heterocycles. The summed E-state index contributed by atoms with van der Waals surface area (Å²) in [6, 6.07) is 11.1. The van der Waals surface area contributed by atoms with Gasteiger partial charge in [0.15, 0.2) is 11.5 Å². The second-order valence-corrected chi connectivity index (χ2v) is 6.74. The fraction of sp³-hybridized carbons (Fsp3) is 0.333. The van der Waals surface area contributed by atoms with Gasteiger partial charge in [0, 0.05) is 31.4 Å². The van der Waals surface area contributed by atoms with Crippen LogP contribution in [-0.4, -0.2) is 44.0 Å². The summed E-state index contributed by atoms with van der Waals surface area (Å²) in [5.74, 6) is 1.23. The van der Waals surface area contributed by atoms with Crippen molar-refractivity contribution in [3.63, 3.8) is 0 Å². The van der Waals surface area contributed by atoms with E-state index in [-0.39, 0.29) is 11.8 Å². The molecule has 0 aliphatic carbocycles. The van der Waals surface area contributed by atoms with Crippen LogP contribution in [0.3, 0.4) is 0 Å². The number of hydrogen-bond donors (Lipinski definition) is 2. The average Bonchev–Trinajstić information content (AvgIpc) is 2.67. The summed E-state index contributed by atoms with van der Waals surface area (Å²) >= 11 is 0. The highest BCUT2D eigenvalue weighted by molar-refractivity contribution is 5.93. The average molecular weight is 383 g/mol. The van der Waals surface area contributed by atoms with E-state index in [9.17, 15) is 9.59 Å². The van der Waals surface area contributed by atoms with Gasteiger partial charge < -0.3 is 20.1 Å². The van der Waals surface area contributed by atoms with Gasteiger partial charge in [-0.2, -0.15) is 0 Å². The van der Waals surface area contributed by atoms with Crippen molar-refractivity contribution >= 4 is 23.2 Å². The molecule has 0 bridgehead atoms. The molecule has 0 radical (unpaired) electrons. The molecule has 0 saturated heterocycles. The second-order valence-electron chi connectivity index (χ2n) is 6.74. The van der Waals surface area contributed by atoms with E-state index in [2.05, 4.69) is 15.5 Å². The summed E-state index contributed by atoms with van der Waals surface area (Å²) in [6.45, 7) is 3.25. The highest BCUT2D eigenvalue weighted by Crippen LogP contribution is 2.33. The van der Waals surface area contributed by atoms with Crippen molar-refractivity contribution in [1.29, 1.82) is 0 Å². The maximum absolute atomic E-state index is 12.4. The number of methoxy groups -OCH3 is 2. The molecule has 2 aromatic rings. The van der Waals surface area contributed by atoms with Gasteiger partial charge >= 0.3 is 0 Å². The van der Waals surface area contributed by atoms with Crippen molar-refractivity contribution in [3.05, 3.63) is 47.5 Å². The molecule has 1 aliphatic heterocycles. The summed E-state index contributed by atoms with van der Waals surface area (Å²) in [5.41, 5.74) is 3.77. The van der Waals surface area contributed by atoms with Crippen LogP contribution in [-0.2, 0) is 22.6 Å². The lowest BCUT2D eigenvalue weighted by Crippen LogP contribution is -2.37. The molecule has 2 amide bonds. The first-order valence-corrected chi connectivity index (χ1v) is 9.12. The van der Waals surface area contributed by atoms with Crippen LogP contribution in [0.25, 0.3) is 0 Å². The van der Waals surface area contributed by atoms with Crippen LogP contribution in [0.4, 0.5) is 11.4 Å². The first kappa shape index (κ1) is 19.7. The van der Waals surface area contributed by atoms with Crippen molar-refractivity contribution in [3.8, 4) is 11.5 Å². The van der Waals surface area contributed by atoms with Crippen molar-refractivity contribution in [2.75, 3.05) is 37.9 Å². The Morgan fingerprint density at radius 1 is 0.964 bits per heavy atom. The topological polar surface area (TPSA) is 79.9 Å². The number of amides is 2. The number of nitrogens with one attached hydrogen (secondary N) is 2. The predicted octanol–water partition coefficient (Wildman–Crippen LogP) is 2.66. The predicted molar refractivity (Wildman–Crippen MR) is 108 cm³/mol. The SMILES string of the molecule is COc1cc2c(cc1OC)CN(CC(=O)Nc1ccc(NC(C)=O)cc1)CC2. The Bertz CT molecular complexity index is 865. The summed E-state index contributed by atoms with van der Waals surface area (Å²) in [4.78, 5) is 25.6. The van der Waals surface area contributed by atoms with E-state index in [1.807, 2.05) is 12.1 Å². The molecular weight excluding hydrogens is 358 g/mol. The molecule has 2 N–H and O–H groups in total. The van der Waals surface area contributed by atoms with Crippen LogP contribution >= 0.6 is 0 Å². The molecule has 1 heterocycles. The third-order valence-corrected chi connectivity index (χ3v) is 4.65. The fourth-order valence-corrected chi connectivity index (χ4v) is 3.32. The summed E-state index contributed by atoms with van der Waals surface area (Å²) in [5, 5.41) is 5.60. The smallest absolute Gasteiger partial charge is 0.238 e. The normalized spacial score (nSPS) is 13.4. The molecule has 0 spiro atoms. The van der Waals surface area contributed by atoms with Gasteiger partial charge in [0.2, 0.25) is 11.8 Å². The van der Waals surface area contributed by atoms with Crippen molar-refractivity contribution < 1.29 is 19.1 Å². The molecule has 0 fully saturated rings. The maximum Gasteiger partial charge on any atom is 0.238 e. The Balaban J connectivity index is 1.59. The number of rotatable bonds is 6. The van der Waals surface area contributed by atoms with E-state index in [1.54, 1.807) is 38.5 Å². The highest BCUT2D eigenvalue weighted by Gasteiger charge is 2.21. The van der Waals surface area contributed by atoms with Crippen LogP contribution in [0.2, 0.25) is 0 Å². The molecule has 0 unspecified atom stereocenters. The number of benzene rings is 2. The summed E-state index contributed by atoms with van der Waals surface area (Å²) in [7, 11) is 3.25. The Labute approximate surface area is 164 Å². The van der Waals surface area contributed by atoms with Gasteiger partial charge in [-0.05, 0) is 53.9 Å². The fourth-order valence-electron chi connectivity index (χ4n) is 3.32. The zero-order valence-electron chi connectivity index (χ0n) is 16.4. The zero-order valence-corrected chi connectivity index (χ0v) is 16.4. The van der Waals surface area contributed by atoms with E-state index in [4.69, 9.17) is 9.47 Å². The van der Waals surface area contributed by atoms with Crippen molar-refractivity contribution in [2.45, 2.75) is 19.9 Å². The largest absolute Gasteiger partial charge is 0.493 e. The van der Waals surface area contributed by atoms with E-state index in [0.717, 1.165) is 24.3 Å². The number of carbonyl (C=O) groups is 2. The van der Waals surface area contributed by atoms with E-state index in [1.165, 1.54) is 12.5 Å². The molecule has 0 atom stereocenters. The van der Waals surface area contributed by atoms with Gasteiger partial charge in [-0.1, -0.05) is 0 Å². The van der Waals surface area contributed by atoms with E-state index >= 15 is 0 Å². The van der Waals surface area contributed by atoms with Gasteiger partial charge in [-0.25, -0.2) is 0 Å². The molecule has 148 valence electrons. The minimum Gasteiger partial charge on any atom is -0.493 e. The van der Waals surface area contributed by atoms with Crippen LogP contribution in [0.5, 0.6) is 11.5 Å². The van der Waals surface area contributed by atoms with Crippen LogP contribution in [0.15, 0.2) is 36.4 Å².